The Labute approximate surface area is 125 Å². The average Bonchev–Trinajstić information content (AvgIpc) is 3.05. The number of amides is 2. The van der Waals surface area contributed by atoms with E-state index in [9.17, 15) is 9.90 Å². The van der Waals surface area contributed by atoms with Gasteiger partial charge in [0.25, 0.3) is 0 Å². The lowest BCUT2D eigenvalue weighted by molar-refractivity contribution is 0.0501. The van der Waals surface area contributed by atoms with E-state index in [1.807, 2.05) is 13.1 Å². The van der Waals surface area contributed by atoms with Gasteiger partial charge in [0.2, 0.25) is 0 Å². The molecular weight excluding hydrogens is 268 g/mol. The third-order valence-electron chi connectivity index (χ3n) is 4.16. The van der Waals surface area contributed by atoms with Crippen molar-refractivity contribution in [1.29, 1.82) is 0 Å². The smallest absolute Gasteiger partial charge is 0.314 e. The topological polar surface area (TPSA) is 79.2 Å². The van der Waals surface area contributed by atoms with E-state index in [4.69, 9.17) is 0 Å². The van der Waals surface area contributed by atoms with Gasteiger partial charge in [-0.1, -0.05) is 19.8 Å². The minimum absolute atomic E-state index is 0.204. The molecule has 0 aromatic carbocycles. The molecule has 1 unspecified atom stereocenters. The minimum Gasteiger partial charge on any atom is -0.388 e. The second kappa shape index (κ2) is 6.93. The highest BCUT2D eigenvalue weighted by Crippen LogP contribution is 2.28. The summed E-state index contributed by atoms with van der Waals surface area (Å²) in [4.78, 5) is 15.9. The molecule has 0 spiro atoms. The average molecular weight is 294 g/mol. The molecule has 118 valence electrons. The number of urea groups is 1. The number of nitrogens with zero attached hydrogens (tertiary/aromatic N) is 2. The molecule has 1 aliphatic carbocycles. The van der Waals surface area contributed by atoms with Crippen molar-refractivity contribution in [2.45, 2.75) is 51.7 Å². The summed E-state index contributed by atoms with van der Waals surface area (Å²) in [7, 11) is 0. The Morgan fingerprint density at radius 1 is 1.48 bits per heavy atom. The molecule has 1 aliphatic rings. The van der Waals surface area contributed by atoms with Crippen LogP contribution in [0.25, 0.3) is 0 Å². The lowest BCUT2D eigenvalue weighted by atomic mass is 10.0. The van der Waals surface area contributed by atoms with Gasteiger partial charge in [0.05, 0.1) is 5.60 Å². The molecule has 1 fully saturated rings. The maximum Gasteiger partial charge on any atom is 0.314 e. The summed E-state index contributed by atoms with van der Waals surface area (Å²) in [5.74, 6) is 1.30. The number of hydrogen-bond donors (Lipinski definition) is 3. The SMILES string of the molecule is Cc1nccn1CC(C)CNC(=O)NCC1(O)CCCC1. The first-order valence-electron chi connectivity index (χ1n) is 7.70. The third kappa shape index (κ3) is 4.74. The van der Waals surface area contributed by atoms with Crippen LogP contribution in [0.3, 0.4) is 0 Å². The normalized spacial score (nSPS) is 18.4. The number of aliphatic hydroxyl groups is 1. The lowest BCUT2D eigenvalue weighted by Crippen LogP contribution is -2.46. The van der Waals surface area contributed by atoms with Gasteiger partial charge in [0, 0.05) is 32.0 Å². The van der Waals surface area contributed by atoms with Gasteiger partial charge in [0.1, 0.15) is 5.82 Å². The van der Waals surface area contributed by atoms with Gasteiger partial charge in [-0.25, -0.2) is 9.78 Å². The molecule has 21 heavy (non-hydrogen) atoms. The fourth-order valence-electron chi connectivity index (χ4n) is 2.78. The van der Waals surface area contributed by atoms with Crippen LogP contribution in [0, 0.1) is 12.8 Å². The van der Waals surface area contributed by atoms with Gasteiger partial charge in [-0.05, 0) is 25.7 Å². The molecule has 0 bridgehead atoms. The molecule has 2 amide bonds. The first-order chi connectivity index (χ1) is 9.98. The van der Waals surface area contributed by atoms with Crippen LogP contribution in [0.1, 0.15) is 38.4 Å². The second-order valence-electron chi connectivity index (χ2n) is 6.23. The van der Waals surface area contributed by atoms with Crippen molar-refractivity contribution in [2.75, 3.05) is 13.1 Å². The highest BCUT2D eigenvalue weighted by atomic mass is 16.3. The quantitative estimate of drug-likeness (QED) is 0.742. The molecule has 0 saturated heterocycles. The lowest BCUT2D eigenvalue weighted by Gasteiger charge is -2.22. The van der Waals surface area contributed by atoms with Crippen molar-refractivity contribution in [3.63, 3.8) is 0 Å². The van der Waals surface area contributed by atoms with Gasteiger partial charge in [0.15, 0.2) is 0 Å². The summed E-state index contributed by atoms with van der Waals surface area (Å²) >= 11 is 0. The van der Waals surface area contributed by atoms with Gasteiger partial charge in [-0.2, -0.15) is 0 Å². The fraction of sp³-hybridized carbons (Fsp3) is 0.733. The number of imidazole rings is 1. The number of aromatic nitrogens is 2. The van der Waals surface area contributed by atoms with Crippen LogP contribution in [-0.4, -0.2) is 39.4 Å². The summed E-state index contributed by atoms with van der Waals surface area (Å²) in [5, 5.41) is 15.8. The molecule has 0 radical (unpaired) electrons. The molecule has 1 atom stereocenters. The molecule has 1 saturated carbocycles. The summed E-state index contributed by atoms with van der Waals surface area (Å²) < 4.78 is 2.07. The summed E-state index contributed by atoms with van der Waals surface area (Å²) in [6.45, 7) is 5.82. The van der Waals surface area contributed by atoms with Crippen LogP contribution in [0.5, 0.6) is 0 Å². The molecular formula is C15H26N4O2. The number of nitrogens with one attached hydrogen (secondary N) is 2. The molecule has 3 N–H and O–H groups in total. The van der Waals surface area contributed by atoms with Crippen molar-refractivity contribution in [3.05, 3.63) is 18.2 Å². The van der Waals surface area contributed by atoms with E-state index in [0.717, 1.165) is 38.1 Å². The molecule has 6 nitrogen and oxygen atoms in total. The predicted molar refractivity (Wildman–Crippen MR) is 80.9 cm³/mol. The number of aryl methyl sites for hydroxylation is 1. The maximum atomic E-state index is 11.8. The standard InChI is InChI=1S/C15H26N4O2/c1-12(10-19-8-7-16-13(19)2)9-17-14(20)18-11-15(21)5-3-4-6-15/h7-8,12,21H,3-6,9-11H2,1-2H3,(H2,17,18,20). The van der Waals surface area contributed by atoms with E-state index in [0.29, 0.717) is 19.0 Å². The van der Waals surface area contributed by atoms with Crippen LogP contribution < -0.4 is 10.6 Å². The fourth-order valence-corrected chi connectivity index (χ4v) is 2.78. The zero-order chi connectivity index (χ0) is 15.3. The zero-order valence-corrected chi connectivity index (χ0v) is 12.9. The molecule has 0 aliphatic heterocycles. The van der Waals surface area contributed by atoms with Crippen molar-refractivity contribution < 1.29 is 9.90 Å². The largest absolute Gasteiger partial charge is 0.388 e. The van der Waals surface area contributed by atoms with E-state index in [1.54, 1.807) is 6.20 Å². The van der Waals surface area contributed by atoms with Crippen LogP contribution in [0.15, 0.2) is 12.4 Å². The first kappa shape index (κ1) is 15.8. The molecule has 1 aromatic heterocycles. The molecule has 2 rings (SSSR count). The van der Waals surface area contributed by atoms with Crippen LogP contribution in [-0.2, 0) is 6.54 Å². The number of hydrogen-bond acceptors (Lipinski definition) is 3. The highest BCUT2D eigenvalue weighted by molar-refractivity contribution is 5.73. The number of carbonyl (C=O) groups excluding carboxylic acids is 1. The summed E-state index contributed by atoms with van der Waals surface area (Å²) in [6, 6.07) is -0.204. The Bertz CT molecular complexity index is 466. The van der Waals surface area contributed by atoms with Gasteiger partial charge >= 0.3 is 6.03 Å². The van der Waals surface area contributed by atoms with E-state index in [1.165, 1.54) is 0 Å². The van der Waals surface area contributed by atoms with Crippen LogP contribution in [0.2, 0.25) is 0 Å². The third-order valence-corrected chi connectivity index (χ3v) is 4.16. The summed E-state index contributed by atoms with van der Waals surface area (Å²) in [5.41, 5.74) is -0.698. The van der Waals surface area contributed by atoms with E-state index < -0.39 is 5.60 Å². The van der Waals surface area contributed by atoms with Crippen molar-refractivity contribution in [1.82, 2.24) is 20.2 Å². The van der Waals surface area contributed by atoms with Gasteiger partial charge in [-0.3, -0.25) is 0 Å². The number of carbonyl (C=O) groups is 1. The first-order valence-corrected chi connectivity index (χ1v) is 7.70. The Morgan fingerprint density at radius 3 is 2.81 bits per heavy atom. The molecule has 1 aromatic rings. The van der Waals surface area contributed by atoms with Gasteiger partial charge in [-0.15, -0.1) is 0 Å². The Kier molecular flexibility index (Phi) is 5.22. The second-order valence-corrected chi connectivity index (χ2v) is 6.23. The van der Waals surface area contributed by atoms with Crippen LogP contribution >= 0.6 is 0 Å². The molecule has 6 heteroatoms. The van der Waals surface area contributed by atoms with E-state index in [2.05, 4.69) is 27.1 Å². The number of rotatable bonds is 6. The van der Waals surface area contributed by atoms with E-state index >= 15 is 0 Å². The van der Waals surface area contributed by atoms with Crippen molar-refractivity contribution in [2.24, 2.45) is 5.92 Å². The van der Waals surface area contributed by atoms with Gasteiger partial charge < -0.3 is 20.3 Å². The predicted octanol–water partition coefficient (Wildman–Crippen LogP) is 1.43. The Hall–Kier alpha value is -1.56. The summed E-state index contributed by atoms with van der Waals surface area (Å²) in [6.07, 6.45) is 7.38. The zero-order valence-electron chi connectivity index (χ0n) is 12.9. The Morgan fingerprint density at radius 2 is 2.19 bits per heavy atom. The van der Waals surface area contributed by atoms with Crippen molar-refractivity contribution >= 4 is 6.03 Å². The monoisotopic (exact) mass is 294 g/mol. The van der Waals surface area contributed by atoms with E-state index in [-0.39, 0.29) is 6.03 Å². The Balaban J connectivity index is 1.65. The van der Waals surface area contributed by atoms with Crippen molar-refractivity contribution in [3.8, 4) is 0 Å². The highest BCUT2D eigenvalue weighted by Gasteiger charge is 2.31. The van der Waals surface area contributed by atoms with Crippen LogP contribution in [0.4, 0.5) is 4.79 Å². The molecule has 1 heterocycles. The maximum absolute atomic E-state index is 11.8. The minimum atomic E-state index is -0.698.